The summed E-state index contributed by atoms with van der Waals surface area (Å²) in [5.74, 6) is -0.564. The second kappa shape index (κ2) is 12.6. The third-order valence-corrected chi connectivity index (χ3v) is 12.0. The van der Waals surface area contributed by atoms with Crippen molar-refractivity contribution in [3.05, 3.63) is 59.4 Å². The first-order valence-electron chi connectivity index (χ1n) is 18.8. The van der Waals surface area contributed by atoms with Crippen LogP contribution in [0.15, 0.2) is 36.8 Å². The average Bonchev–Trinajstić information content (AvgIpc) is 3.69. The SMILES string of the molecule is Cc1cc(F)c(Nc2nc(-c3cnc4c(c3)N(C3CC(N5CCCCC5)C3)C(=O)C4(C)C)cc3ncn(C(C)C)c23)cc1C(=O)NC1(C(C)F)CC1. The van der Waals surface area contributed by atoms with Crippen LogP contribution in [0, 0.1) is 12.7 Å². The van der Waals surface area contributed by atoms with Crippen molar-refractivity contribution in [2.24, 2.45) is 0 Å². The summed E-state index contributed by atoms with van der Waals surface area (Å²) >= 11 is 0. The van der Waals surface area contributed by atoms with Gasteiger partial charge >= 0.3 is 0 Å². The Balaban J connectivity index is 1.15. The number of piperidine rings is 1. The zero-order valence-corrected chi connectivity index (χ0v) is 30.9. The Morgan fingerprint density at radius 1 is 1.00 bits per heavy atom. The molecular formula is C40H48F2N8O2. The van der Waals surface area contributed by atoms with Gasteiger partial charge in [-0.1, -0.05) is 6.42 Å². The molecule has 3 aromatic heterocycles. The molecule has 1 unspecified atom stereocenters. The number of hydrogen-bond acceptors (Lipinski definition) is 7. The van der Waals surface area contributed by atoms with Gasteiger partial charge in [-0.25, -0.2) is 18.7 Å². The lowest BCUT2D eigenvalue weighted by Crippen LogP contribution is -2.57. The summed E-state index contributed by atoms with van der Waals surface area (Å²) in [7, 11) is 0. The van der Waals surface area contributed by atoms with E-state index < -0.39 is 28.8 Å². The number of amides is 2. The number of pyridine rings is 2. The van der Waals surface area contributed by atoms with Crippen molar-refractivity contribution in [3.63, 3.8) is 0 Å². The largest absolute Gasteiger partial charge is 0.344 e. The maximum Gasteiger partial charge on any atom is 0.252 e. The van der Waals surface area contributed by atoms with Crippen molar-refractivity contribution < 1.29 is 18.4 Å². The number of aryl methyl sites for hydroxylation is 1. The van der Waals surface area contributed by atoms with Gasteiger partial charge in [-0.15, -0.1) is 0 Å². The van der Waals surface area contributed by atoms with E-state index in [1.165, 1.54) is 38.3 Å². The fourth-order valence-corrected chi connectivity index (χ4v) is 8.36. The van der Waals surface area contributed by atoms with Crippen LogP contribution in [0.3, 0.4) is 0 Å². The Hall–Kier alpha value is -4.45. The van der Waals surface area contributed by atoms with Crippen LogP contribution in [0.25, 0.3) is 22.3 Å². The molecule has 2 aliphatic heterocycles. The Bertz CT molecular complexity index is 2080. The molecule has 1 saturated heterocycles. The van der Waals surface area contributed by atoms with Crippen LogP contribution >= 0.6 is 0 Å². The third kappa shape index (κ3) is 5.74. The molecule has 3 fully saturated rings. The number of carbonyl (C=O) groups excluding carboxylic acids is 2. The Morgan fingerprint density at radius 2 is 1.73 bits per heavy atom. The number of anilines is 3. The van der Waals surface area contributed by atoms with E-state index in [1.54, 1.807) is 19.4 Å². The standard InChI is InChI=1S/C40H48F2N8O2/c1-22(2)49-21-44-32-19-30(45-36(34(32)49)46-31-18-28(23(3)14-29(31)42)37(51)47-40(10-11-40)24(4)41)25-15-33-35(43-20-25)39(5,6)38(52)50(33)27-16-26(17-27)48-12-8-7-9-13-48/h14-15,18-22,24,26-27H,7-13,16-17H2,1-6H3,(H,45,46)(H,47,51). The van der Waals surface area contributed by atoms with Crippen molar-refractivity contribution in [1.82, 2.24) is 29.7 Å². The average molecular weight is 711 g/mol. The van der Waals surface area contributed by atoms with E-state index >= 15 is 4.39 Å². The molecule has 4 aliphatic rings. The number of alkyl halides is 1. The summed E-state index contributed by atoms with van der Waals surface area (Å²) in [6.07, 6.45) is 9.10. The molecule has 274 valence electrons. The molecule has 0 radical (unpaired) electrons. The molecular weight excluding hydrogens is 662 g/mol. The molecule has 0 bridgehead atoms. The van der Waals surface area contributed by atoms with Gasteiger partial charge in [-0.2, -0.15) is 0 Å². The fraction of sp³-hybridized carbons (Fsp3) is 0.525. The number of nitrogens with zero attached hydrogens (tertiary/aromatic N) is 6. The number of imidazole rings is 1. The molecule has 10 nitrogen and oxygen atoms in total. The molecule has 1 atom stereocenters. The van der Waals surface area contributed by atoms with Crippen LogP contribution < -0.4 is 15.5 Å². The first-order chi connectivity index (χ1) is 24.8. The number of fused-ring (bicyclic) bond motifs is 2. The van der Waals surface area contributed by atoms with Crippen LogP contribution in [0.2, 0.25) is 0 Å². The van der Waals surface area contributed by atoms with Crippen molar-refractivity contribution in [1.29, 1.82) is 0 Å². The van der Waals surface area contributed by atoms with Crippen molar-refractivity contribution in [3.8, 4) is 11.3 Å². The van der Waals surface area contributed by atoms with Gasteiger partial charge in [-0.05, 0) is 123 Å². The van der Waals surface area contributed by atoms with Gasteiger partial charge in [0.1, 0.15) is 17.5 Å². The van der Waals surface area contributed by atoms with E-state index in [4.69, 9.17) is 15.0 Å². The molecule has 2 amide bonds. The van der Waals surface area contributed by atoms with E-state index in [-0.39, 0.29) is 29.2 Å². The Morgan fingerprint density at radius 3 is 2.40 bits per heavy atom. The van der Waals surface area contributed by atoms with E-state index in [0.29, 0.717) is 52.6 Å². The highest BCUT2D eigenvalue weighted by Gasteiger charge is 2.51. The number of nitrogens with one attached hydrogen (secondary N) is 2. The van der Waals surface area contributed by atoms with Gasteiger partial charge in [-0.3, -0.25) is 14.6 Å². The monoisotopic (exact) mass is 710 g/mol. The normalized spacial score (nSPS) is 22.7. The second-order valence-electron chi connectivity index (χ2n) is 16.2. The fourth-order valence-electron chi connectivity index (χ4n) is 8.36. The van der Waals surface area contributed by atoms with E-state index in [1.807, 2.05) is 49.3 Å². The summed E-state index contributed by atoms with van der Waals surface area (Å²) in [5, 5.41) is 6.05. The number of carbonyl (C=O) groups is 2. The summed E-state index contributed by atoms with van der Waals surface area (Å²) in [6, 6.07) is 7.32. The van der Waals surface area contributed by atoms with Crippen LogP contribution in [0.1, 0.15) is 107 Å². The van der Waals surface area contributed by atoms with E-state index in [9.17, 15) is 14.0 Å². The lowest BCUT2D eigenvalue weighted by atomic mass is 9.83. The second-order valence-corrected chi connectivity index (χ2v) is 16.2. The zero-order chi connectivity index (χ0) is 36.7. The Kier molecular flexibility index (Phi) is 8.39. The topological polar surface area (TPSA) is 108 Å². The number of halogens is 2. The van der Waals surface area contributed by atoms with Gasteiger partial charge in [0.15, 0.2) is 5.82 Å². The zero-order valence-electron chi connectivity index (χ0n) is 30.9. The molecule has 52 heavy (non-hydrogen) atoms. The maximum atomic E-state index is 15.7. The lowest BCUT2D eigenvalue weighted by Gasteiger charge is -2.47. The molecule has 8 rings (SSSR count). The van der Waals surface area contributed by atoms with Crippen LogP contribution in [0.4, 0.5) is 26.0 Å². The predicted molar refractivity (Wildman–Crippen MR) is 198 cm³/mol. The number of benzene rings is 1. The minimum Gasteiger partial charge on any atom is -0.344 e. The highest BCUT2D eigenvalue weighted by molar-refractivity contribution is 6.08. The van der Waals surface area contributed by atoms with Gasteiger partial charge in [0, 0.05) is 35.4 Å². The number of likely N-dealkylation sites (tertiary alicyclic amines) is 1. The summed E-state index contributed by atoms with van der Waals surface area (Å²) < 4.78 is 32.0. The smallest absolute Gasteiger partial charge is 0.252 e. The van der Waals surface area contributed by atoms with Gasteiger partial charge in [0.05, 0.1) is 45.6 Å². The summed E-state index contributed by atoms with van der Waals surface area (Å²) in [4.78, 5) is 46.5. The maximum absolute atomic E-state index is 15.7. The van der Waals surface area contributed by atoms with Crippen molar-refractivity contribution in [2.75, 3.05) is 23.3 Å². The molecule has 4 aromatic rings. The Labute approximate surface area is 303 Å². The quantitative estimate of drug-likeness (QED) is 0.185. The number of rotatable bonds is 9. The molecule has 0 spiro atoms. The van der Waals surface area contributed by atoms with Crippen molar-refractivity contribution >= 4 is 40.0 Å². The first kappa shape index (κ1) is 34.6. The highest BCUT2D eigenvalue weighted by atomic mass is 19.1. The molecule has 5 heterocycles. The third-order valence-electron chi connectivity index (χ3n) is 12.0. The lowest BCUT2D eigenvalue weighted by molar-refractivity contribution is -0.123. The molecule has 1 aromatic carbocycles. The van der Waals surface area contributed by atoms with Crippen LogP contribution in [-0.4, -0.2) is 73.1 Å². The predicted octanol–water partition coefficient (Wildman–Crippen LogP) is 7.53. The summed E-state index contributed by atoms with van der Waals surface area (Å²) in [6.45, 7) is 13.3. The van der Waals surface area contributed by atoms with Crippen molar-refractivity contribution in [2.45, 2.75) is 122 Å². The van der Waals surface area contributed by atoms with Gasteiger partial charge < -0.3 is 25.0 Å². The molecule has 2 saturated carbocycles. The first-order valence-corrected chi connectivity index (χ1v) is 18.8. The van der Waals surface area contributed by atoms with Gasteiger partial charge in [0.25, 0.3) is 5.91 Å². The minimum absolute atomic E-state index is 0.0273. The molecule has 2 N–H and O–H groups in total. The minimum atomic E-state index is -1.19. The highest BCUT2D eigenvalue weighted by Crippen LogP contribution is 2.47. The molecule has 2 aliphatic carbocycles. The van der Waals surface area contributed by atoms with Crippen LogP contribution in [-0.2, 0) is 10.2 Å². The van der Waals surface area contributed by atoms with Crippen LogP contribution in [0.5, 0.6) is 0 Å². The van der Waals surface area contributed by atoms with Gasteiger partial charge in [0.2, 0.25) is 5.91 Å². The van der Waals surface area contributed by atoms with E-state index in [0.717, 1.165) is 37.3 Å². The molecule has 12 heteroatoms. The number of hydrogen-bond donors (Lipinski definition) is 2. The van der Waals surface area contributed by atoms with E-state index in [2.05, 4.69) is 15.5 Å². The number of aromatic nitrogens is 4. The summed E-state index contributed by atoms with van der Waals surface area (Å²) in [5.41, 5.74) is 3.33.